The van der Waals surface area contributed by atoms with E-state index < -0.39 is 46.9 Å². The summed E-state index contributed by atoms with van der Waals surface area (Å²) in [6.45, 7) is 1.93. The maximum atomic E-state index is 14.0. The molecule has 6 rings (SSSR count). The molecule has 0 N–H and O–H groups in total. The van der Waals surface area contributed by atoms with Gasteiger partial charge in [0.2, 0.25) is 29.0 Å². The number of fused-ring (bicyclic) bond motifs is 3. The molecule has 2 amide bonds. The number of Topliss-reactive ketones (excluding diaryl/α,β-unsaturated/α-hetero) is 2. The summed E-state index contributed by atoms with van der Waals surface area (Å²) in [5.41, 5.74) is 0.0198. The van der Waals surface area contributed by atoms with E-state index in [1.807, 2.05) is 19.1 Å². The van der Waals surface area contributed by atoms with Gasteiger partial charge in [-0.25, -0.2) is 4.90 Å². The number of carbonyl (C=O) groups excluding carboxylic acids is 4. The van der Waals surface area contributed by atoms with Crippen molar-refractivity contribution >= 4 is 40.7 Å². The first-order valence-electron chi connectivity index (χ1n) is 11.5. The lowest BCUT2D eigenvalue weighted by atomic mass is 9.77. The smallest absolute Gasteiger partial charge is 0.241 e. The van der Waals surface area contributed by atoms with Crippen LogP contribution >= 0.6 is 11.6 Å². The van der Waals surface area contributed by atoms with Crippen molar-refractivity contribution < 1.29 is 23.9 Å². The number of benzene rings is 3. The molecule has 1 aliphatic carbocycles. The minimum absolute atomic E-state index is 0.198. The van der Waals surface area contributed by atoms with Crippen molar-refractivity contribution in [3.8, 4) is 0 Å². The van der Waals surface area contributed by atoms with Gasteiger partial charge in [0.1, 0.15) is 0 Å². The molecular weight excluding hydrogens is 466 g/mol. The summed E-state index contributed by atoms with van der Waals surface area (Å²) in [4.78, 5) is 56.7. The molecule has 0 bridgehead atoms. The van der Waals surface area contributed by atoms with Crippen molar-refractivity contribution in [1.82, 2.24) is 0 Å². The van der Waals surface area contributed by atoms with Gasteiger partial charge in [-0.05, 0) is 24.1 Å². The van der Waals surface area contributed by atoms with Gasteiger partial charge in [0.15, 0.2) is 0 Å². The van der Waals surface area contributed by atoms with Crippen LogP contribution in [0.5, 0.6) is 0 Å². The summed E-state index contributed by atoms with van der Waals surface area (Å²) in [5, 5.41) is 0.330. The van der Waals surface area contributed by atoms with E-state index in [1.54, 1.807) is 60.7 Å². The Hall–Kier alpha value is -3.61. The topological polar surface area (TPSA) is 80.8 Å². The average molecular weight is 486 g/mol. The fourth-order valence-corrected chi connectivity index (χ4v) is 6.01. The second-order valence-electron chi connectivity index (χ2n) is 9.00. The zero-order valence-corrected chi connectivity index (χ0v) is 19.5. The molecule has 3 aliphatic rings. The van der Waals surface area contributed by atoms with Crippen LogP contribution in [-0.2, 0) is 20.7 Å². The Labute approximate surface area is 206 Å². The van der Waals surface area contributed by atoms with Gasteiger partial charge >= 0.3 is 0 Å². The van der Waals surface area contributed by atoms with Gasteiger partial charge in [0.05, 0.1) is 23.6 Å². The third-order valence-corrected chi connectivity index (χ3v) is 7.69. The monoisotopic (exact) mass is 485 g/mol. The molecule has 174 valence electrons. The molecule has 2 saturated heterocycles. The molecule has 7 heteroatoms. The van der Waals surface area contributed by atoms with Gasteiger partial charge in [-0.2, -0.15) is 0 Å². The van der Waals surface area contributed by atoms with Crippen LogP contribution in [0.1, 0.15) is 44.9 Å². The fraction of sp³-hybridized carbons (Fsp3) is 0.214. The van der Waals surface area contributed by atoms with Crippen LogP contribution in [0.2, 0.25) is 5.02 Å². The highest BCUT2D eigenvalue weighted by molar-refractivity contribution is 6.37. The first-order valence-corrected chi connectivity index (χ1v) is 11.9. The second kappa shape index (κ2) is 7.70. The highest BCUT2D eigenvalue weighted by atomic mass is 35.5. The van der Waals surface area contributed by atoms with Crippen molar-refractivity contribution in [1.29, 1.82) is 0 Å². The van der Waals surface area contributed by atoms with Gasteiger partial charge in [0, 0.05) is 21.7 Å². The van der Waals surface area contributed by atoms with Gasteiger partial charge in [-0.15, -0.1) is 0 Å². The molecule has 0 unspecified atom stereocenters. The molecule has 2 aliphatic heterocycles. The number of ether oxygens (including phenoxy) is 1. The van der Waals surface area contributed by atoms with Gasteiger partial charge < -0.3 is 4.74 Å². The highest BCUT2D eigenvalue weighted by Gasteiger charge is 2.75. The molecule has 3 aromatic rings. The van der Waals surface area contributed by atoms with Crippen molar-refractivity contribution in [2.75, 3.05) is 4.90 Å². The Morgan fingerprint density at radius 2 is 1.43 bits per heavy atom. The number of para-hydroxylation sites is 1. The number of ketones is 2. The second-order valence-corrected chi connectivity index (χ2v) is 9.40. The third kappa shape index (κ3) is 2.75. The maximum absolute atomic E-state index is 14.0. The normalized spacial score (nSPS) is 24.4. The van der Waals surface area contributed by atoms with Crippen molar-refractivity contribution in [3.63, 3.8) is 0 Å². The predicted molar refractivity (Wildman–Crippen MR) is 128 cm³/mol. The van der Waals surface area contributed by atoms with Crippen LogP contribution < -0.4 is 4.90 Å². The van der Waals surface area contributed by atoms with Crippen LogP contribution in [0, 0.1) is 11.8 Å². The van der Waals surface area contributed by atoms with Crippen LogP contribution in [-0.4, -0.2) is 29.0 Å². The number of anilines is 1. The molecule has 35 heavy (non-hydrogen) atoms. The maximum Gasteiger partial charge on any atom is 0.241 e. The first kappa shape index (κ1) is 21.9. The van der Waals surface area contributed by atoms with E-state index in [2.05, 4.69) is 0 Å². The number of nitrogens with zero attached hydrogens (tertiary/aromatic N) is 1. The highest BCUT2D eigenvalue weighted by Crippen LogP contribution is 2.58. The molecular formula is C28H20ClNO5. The van der Waals surface area contributed by atoms with E-state index in [4.69, 9.17) is 16.3 Å². The van der Waals surface area contributed by atoms with Crippen molar-refractivity contribution in [2.24, 2.45) is 11.8 Å². The molecule has 3 atom stereocenters. The summed E-state index contributed by atoms with van der Waals surface area (Å²) < 4.78 is 6.28. The molecule has 0 radical (unpaired) electrons. The Bertz CT molecular complexity index is 1410. The Balaban J connectivity index is 1.57. The third-order valence-electron chi connectivity index (χ3n) is 7.34. The number of imide groups is 1. The van der Waals surface area contributed by atoms with E-state index in [0.717, 1.165) is 10.5 Å². The number of rotatable bonds is 3. The zero-order valence-electron chi connectivity index (χ0n) is 18.7. The SMILES string of the molecule is CCc1ccccc1N1C(=O)[C@@H]2[C@@H](c3ccccc3Cl)OC3(C(=O)c4ccccc4C3=O)[C@H]2C1=O. The summed E-state index contributed by atoms with van der Waals surface area (Å²) >= 11 is 6.48. The number of amides is 2. The number of carbonyl (C=O) groups is 4. The fourth-order valence-electron chi connectivity index (χ4n) is 5.77. The van der Waals surface area contributed by atoms with E-state index >= 15 is 0 Å². The van der Waals surface area contributed by atoms with Crippen LogP contribution in [0.25, 0.3) is 0 Å². The van der Waals surface area contributed by atoms with Crippen LogP contribution in [0.3, 0.4) is 0 Å². The summed E-state index contributed by atoms with van der Waals surface area (Å²) in [7, 11) is 0. The number of hydrogen-bond donors (Lipinski definition) is 0. The van der Waals surface area contributed by atoms with Crippen molar-refractivity contribution in [3.05, 3.63) is 100 Å². The zero-order chi connectivity index (χ0) is 24.5. The minimum atomic E-state index is -2.11. The molecule has 3 aromatic carbocycles. The predicted octanol–water partition coefficient (Wildman–Crippen LogP) is 4.60. The lowest BCUT2D eigenvalue weighted by Gasteiger charge is -2.28. The Morgan fingerprint density at radius 3 is 2.09 bits per heavy atom. The summed E-state index contributed by atoms with van der Waals surface area (Å²) in [6.07, 6.45) is -0.437. The lowest BCUT2D eigenvalue weighted by molar-refractivity contribution is -0.127. The van der Waals surface area contributed by atoms with Crippen molar-refractivity contribution in [2.45, 2.75) is 25.0 Å². The van der Waals surface area contributed by atoms with E-state index in [-0.39, 0.29) is 11.1 Å². The van der Waals surface area contributed by atoms with E-state index in [1.165, 1.54) is 0 Å². The lowest BCUT2D eigenvalue weighted by Crippen LogP contribution is -2.51. The Kier molecular flexibility index (Phi) is 4.82. The largest absolute Gasteiger partial charge is 0.349 e. The molecule has 2 heterocycles. The average Bonchev–Trinajstić information content (AvgIpc) is 3.44. The quantitative estimate of drug-likeness (QED) is 0.400. The molecule has 1 spiro atoms. The molecule has 6 nitrogen and oxygen atoms in total. The minimum Gasteiger partial charge on any atom is -0.349 e. The number of aryl methyl sites for hydroxylation is 1. The summed E-state index contributed by atoms with van der Waals surface area (Å²) in [6, 6.07) is 20.4. The van der Waals surface area contributed by atoms with Gasteiger partial charge in [0.25, 0.3) is 0 Å². The van der Waals surface area contributed by atoms with Crippen LogP contribution in [0.4, 0.5) is 5.69 Å². The van der Waals surface area contributed by atoms with Gasteiger partial charge in [-0.1, -0.05) is 79.2 Å². The first-order chi connectivity index (χ1) is 16.9. The number of halogens is 1. The molecule has 2 fully saturated rings. The molecule has 0 saturated carbocycles. The van der Waals surface area contributed by atoms with Gasteiger partial charge in [-0.3, -0.25) is 19.2 Å². The standard InChI is InChI=1S/C28H20ClNO5/c1-2-15-9-3-8-14-20(15)30-26(33)21-22(27(30)34)28(35-23(21)18-12-6-7-13-19(18)29)24(31)16-10-4-5-11-17(16)25(28)32/h3-14,21-23H,2H2,1H3/t21-,22+,23+/m0/s1. The van der Waals surface area contributed by atoms with E-state index in [9.17, 15) is 19.2 Å². The van der Waals surface area contributed by atoms with E-state index in [0.29, 0.717) is 22.7 Å². The Morgan fingerprint density at radius 1 is 0.829 bits per heavy atom. The van der Waals surface area contributed by atoms with Crippen LogP contribution in [0.15, 0.2) is 72.8 Å². The number of hydrogen-bond acceptors (Lipinski definition) is 5. The summed E-state index contributed by atoms with van der Waals surface area (Å²) in [5.74, 6) is -4.66. The molecule has 0 aromatic heterocycles.